The number of aliphatic carboxylic acids is 1. The lowest BCUT2D eigenvalue weighted by Gasteiger charge is -2.04. The molecule has 2 heterocycles. The number of allylic oxidation sites excluding steroid dienone is 1. The SMILES string of the molecule is O=C(O)CCCC/C=C(/c1cccnc1)c1ccco1. The minimum absolute atomic E-state index is 0.219. The number of pyridine rings is 1. The fraction of sp³-hybridized carbons (Fsp3) is 0.250. The van der Waals surface area contributed by atoms with Crippen LogP contribution in [0.5, 0.6) is 0 Å². The number of carbonyl (C=O) groups is 1. The Morgan fingerprint density at radius 1 is 1.30 bits per heavy atom. The second-order valence-corrected chi connectivity index (χ2v) is 4.48. The average molecular weight is 271 g/mol. The summed E-state index contributed by atoms with van der Waals surface area (Å²) in [6.07, 6.45) is 9.82. The van der Waals surface area contributed by atoms with Crippen LogP contribution in [0.2, 0.25) is 0 Å². The van der Waals surface area contributed by atoms with E-state index in [4.69, 9.17) is 9.52 Å². The van der Waals surface area contributed by atoms with Gasteiger partial charge in [0.05, 0.1) is 6.26 Å². The molecule has 2 aromatic rings. The number of furan rings is 1. The first-order chi connectivity index (χ1) is 9.77. The monoisotopic (exact) mass is 271 g/mol. The van der Waals surface area contributed by atoms with E-state index in [1.54, 1.807) is 18.7 Å². The summed E-state index contributed by atoms with van der Waals surface area (Å²) in [5.74, 6) is 0.0590. The van der Waals surface area contributed by atoms with Crippen molar-refractivity contribution in [3.63, 3.8) is 0 Å². The summed E-state index contributed by atoms with van der Waals surface area (Å²) in [6.45, 7) is 0. The molecule has 0 radical (unpaired) electrons. The summed E-state index contributed by atoms with van der Waals surface area (Å²) < 4.78 is 5.46. The van der Waals surface area contributed by atoms with E-state index in [2.05, 4.69) is 11.1 Å². The van der Waals surface area contributed by atoms with Gasteiger partial charge in [0.25, 0.3) is 0 Å². The van der Waals surface area contributed by atoms with Crippen molar-refractivity contribution < 1.29 is 14.3 Å². The van der Waals surface area contributed by atoms with Gasteiger partial charge in [0.2, 0.25) is 0 Å². The highest BCUT2D eigenvalue weighted by atomic mass is 16.4. The van der Waals surface area contributed by atoms with Gasteiger partial charge in [-0.1, -0.05) is 12.1 Å². The maximum Gasteiger partial charge on any atom is 0.303 e. The molecule has 0 spiro atoms. The van der Waals surface area contributed by atoms with Crippen LogP contribution >= 0.6 is 0 Å². The predicted octanol–water partition coefficient (Wildman–Crippen LogP) is 3.75. The Balaban J connectivity index is 2.06. The van der Waals surface area contributed by atoms with E-state index in [9.17, 15) is 4.79 Å². The maximum absolute atomic E-state index is 10.5. The topological polar surface area (TPSA) is 63.3 Å². The quantitative estimate of drug-likeness (QED) is 0.779. The van der Waals surface area contributed by atoms with Gasteiger partial charge in [-0.3, -0.25) is 9.78 Å². The second-order valence-electron chi connectivity index (χ2n) is 4.48. The van der Waals surface area contributed by atoms with Crippen LogP contribution in [0.4, 0.5) is 0 Å². The van der Waals surface area contributed by atoms with Gasteiger partial charge in [-0.2, -0.15) is 0 Å². The molecule has 1 N–H and O–H groups in total. The minimum Gasteiger partial charge on any atom is -0.481 e. The summed E-state index contributed by atoms with van der Waals surface area (Å²) in [4.78, 5) is 14.6. The lowest BCUT2D eigenvalue weighted by molar-refractivity contribution is -0.137. The van der Waals surface area contributed by atoms with Crippen molar-refractivity contribution in [3.05, 3.63) is 60.3 Å². The largest absolute Gasteiger partial charge is 0.481 e. The first-order valence-electron chi connectivity index (χ1n) is 6.63. The number of hydrogen-bond donors (Lipinski definition) is 1. The van der Waals surface area contributed by atoms with E-state index in [1.807, 2.05) is 24.3 Å². The molecule has 0 unspecified atom stereocenters. The molecule has 0 aliphatic heterocycles. The number of carboxylic acid groups (broad SMARTS) is 1. The lowest BCUT2D eigenvalue weighted by atomic mass is 10.0. The minimum atomic E-state index is -0.743. The lowest BCUT2D eigenvalue weighted by Crippen LogP contribution is -1.93. The van der Waals surface area contributed by atoms with Gasteiger partial charge < -0.3 is 9.52 Å². The third-order valence-corrected chi connectivity index (χ3v) is 2.95. The Morgan fingerprint density at radius 3 is 2.85 bits per heavy atom. The van der Waals surface area contributed by atoms with E-state index in [-0.39, 0.29) is 6.42 Å². The van der Waals surface area contributed by atoms with Crippen LogP contribution in [-0.2, 0) is 4.79 Å². The van der Waals surface area contributed by atoms with Crippen LogP contribution in [-0.4, -0.2) is 16.1 Å². The molecule has 0 aliphatic rings. The van der Waals surface area contributed by atoms with Gasteiger partial charge in [0.1, 0.15) is 5.76 Å². The van der Waals surface area contributed by atoms with Crippen molar-refractivity contribution in [1.29, 1.82) is 0 Å². The molecule has 0 aliphatic carbocycles. The fourth-order valence-corrected chi connectivity index (χ4v) is 1.98. The molecule has 2 rings (SSSR count). The Hall–Kier alpha value is -2.36. The smallest absolute Gasteiger partial charge is 0.303 e. The van der Waals surface area contributed by atoms with E-state index >= 15 is 0 Å². The summed E-state index contributed by atoms with van der Waals surface area (Å²) in [5, 5.41) is 8.61. The van der Waals surface area contributed by atoms with Crippen molar-refractivity contribution in [3.8, 4) is 0 Å². The van der Waals surface area contributed by atoms with E-state index in [0.29, 0.717) is 6.42 Å². The molecule has 4 nitrogen and oxygen atoms in total. The van der Waals surface area contributed by atoms with Crippen molar-refractivity contribution in [2.75, 3.05) is 0 Å². The number of aromatic nitrogens is 1. The van der Waals surface area contributed by atoms with Gasteiger partial charge in [-0.05, 0) is 37.5 Å². The number of rotatable bonds is 7. The normalized spacial score (nSPS) is 11.5. The summed E-state index contributed by atoms with van der Waals surface area (Å²) in [7, 11) is 0. The zero-order valence-corrected chi connectivity index (χ0v) is 11.2. The predicted molar refractivity (Wildman–Crippen MR) is 76.1 cm³/mol. The van der Waals surface area contributed by atoms with Crippen LogP contribution in [0.3, 0.4) is 0 Å². The molecule has 104 valence electrons. The summed E-state index contributed by atoms with van der Waals surface area (Å²) in [6, 6.07) is 7.63. The fourth-order valence-electron chi connectivity index (χ4n) is 1.98. The van der Waals surface area contributed by atoms with E-state index < -0.39 is 5.97 Å². The van der Waals surface area contributed by atoms with Crippen molar-refractivity contribution in [1.82, 2.24) is 4.98 Å². The zero-order valence-electron chi connectivity index (χ0n) is 11.2. The van der Waals surface area contributed by atoms with Crippen LogP contribution in [0.25, 0.3) is 5.57 Å². The number of nitrogens with zero attached hydrogens (tertiary/aromatic N) is 1. The second kappa shape index (κ2) is 7.28. The van der Waals surface area contributed by atoms with Crippen LogP contribution < -0.4 is 0 Å². The van der Waals surface area contributed by atoms with Crippen LogP contribution in [0.15, 0.2) is 53.4 Å². The Morgan fingerprint density at radius 2 is 2.20 bits per heavy atom. The van der Waals surface area contributed by atoms with E-state index in [0.717, 1.165) is 29.7 Å². The molecule has 0 fully saturated rings. The molecular weight excluding hydrogens is 254 g/mol. The van der Waals surface area contributed by atoms with Crippen molar-refractivity contribution in [2.45, 2.75) is 25.7 Å². The Bertz CT molecular complexity index is 559. The molecule has 0 saturated carbocycles. The third-order valence-electron chi connectivity index (χ3n) is 2.95. The van der Waals surface area contributed by atoms with Gasteiger partial charge in [-0.25, -0.2) is 0 Å². The Kier molecular flexibility index (Phi) is 5.12. The molecule has 0 atom stereocenters. The first kappa shape index (κ1) is 14.1. The molecule has 0 bridgehead atoms. The zero-order chi connectivity index (χ0) is 14.2. The van der Waals surface area contributed by atoms with Crippen molar-refractivity contribution in [2.24, 2.45) is 0 Å². The molecule has 0 saturated heterocycles. The number of hydrogen-bond acceptors (Lipinski definition) is 3. The van der Waals surface area contributed by atoms with Crippen molar-refractivity contribution >= 4 is 11.5 Å². The number of carboxylic acids is 1. The van der Waals surface area contributed by atoms with Gasteiger partial charge >= 0.3 is 5.97 Å². The van der Waals surface area contributed by atoms with Gasteiger partial charge in [0, 0.05) is 30.0 Å². The van der Waals surface area contributed by atoms with E-state index in [1.165, 1.54) is 0 Å². The molecular formula is C16H17NO3. The number of unbranched alkanes of at least 4 members (excludes halogenated alkanes) is 2. The highest BCUT2D eigenvalue weighted by Gasteiger charge is 2.07. The molecule has 20 heavy (non-hydrogen) atoms. The standard InChI is InChI=1S/C16H17NO3/c18-16(19)9-3-1-2-7-14(15-8-5-11-20-15)13-6-4-10-17-12-13/h4-8,10-12H,1-3,9H2,(H,18,19)/b14-7-. The van der Waals surface area contributed by atoms with Gasteiger partial charge in [-0.15, -0.1) is 0 Å². The highest BCUT2D eigenvalue weighted by molar-refractivity contribution is 5.76. The average Bonchev–Trinajstić information content (AvgIpc) is 2.97. The molecule has 0 amide bonds. The highest BCUT2D eigenvalue weighted by Crippen LogP contribution is 2.24. The van der Waals surface area contributed by atoms with Gasteiger partial charge in [0.15, 0.2) is 0 Å². The third kappa shape index (κ3) is 4.09. The molecule has 2 aromatic heterocycles. The maximum atomic E-state index is 10.5. The molecule has 4 heteroatoms. The van der Waals surface area contributed by atoms with Crippen LogP contribution in [0, 0.1) is 0 Å². The summed E-state index contributed by atoms with van der Waals surface area (Å²) >= 11 is 0. The first-order valence-corrected chi connectivity index (χ1v) is 6.63. The van der Waals surface area contributed by atoms with Crippen LogP contribution in [0.1, 0.15) is 37.0 Å². The Labute approximate surface area is 117 Å². The summed E-state index contributed by atoms with van der Waals surface area (Å²) in [5.41, 5.74) is 2.00. The molecule has 0 aromatic carbocycles.